The first kappa shape index (κ1) is 14.9. The number of aliphatic carboxylic acids is 1. The van der Waals surface area contributed by atoms with E-state index in [1.807, 2.05) is 4.90 Å². The van der Waals surface area contributed by atoms with E-state index >= 15 is 0 Å². The summed E-state index contributed by atoms with van der Waals surface area (Å²) in [7, 11) is 1.47. The number of hydrogen-bond donors (Lipinski definition) is 2. The van der Waals surface area contributed by atoms with Gasteiger partial charge in [-0.25, -0.2) is 0 Å². The van der Waals surface area contributed by atoms with E-state index in [1.54, 1.807) is 12.1 Å². The maximum Gasteiger partial charge on any atom is 0.307 e. The average molecular weight is 300 g/mol. The van der Waals surface area contributed by atoms with Gasteiger partial charge in [0.2, 0.25) is 0 Å². The number of methoxy groups -OCH3 is 1. The molecule has 2 N–H and O–H groups in total. The molecule has 6 heteroatoms. The first-order valence-corrected chi connectivity index (χ1v) is 6.89. The third-order valence-corrected chi connectivity index (χ3v) is 3.81. The van der Waals surface area contributed by atoms with Gasteiger partial charge in [-0.15, -0.1) is 0 Å². The van der Waals surface area contributed by atoms with E-state index in [4.69, 9.17) is 21.4 Å². The molecule has 0 saturated carbocycles. The van der Waals surface area contributed by atoms with Crippen LogP contribution in [-0.2, 0) is 11.3 Å². The van der Waals surface area contributed by atoms with E-state index in [1.165, 1.54) is 7.11 Å². The van der Waals surface area contributed by atoms with Gasteiger partial charge in [0.1, 0.15) is 0 Å². The summed E-state index contributed by atoms with van der Waals surface area (Å²) in [6, 6.07) is 3.24. The van der Waals surface area contributed by atoms with Crippen LogP contribution in [0, 0.1) is 5.92 Å². The Morgan fingerprint density at radius 2 is 2.30 bits per heavy atom. The summed E-state index contributed by atoms with van der Waals surface area (Å²) in [4.78, 5) is 13.1. The number of benzene rings is 1. The maximum atomic E-state index is 11.1. The van der Waals surface area contributed by atoms with Crippen LogP contribution in [-0.4, -0.2) is 41.3 Å². The molecule has 0 aliphatic carbocycles. The first-order valence-electron chi connectivity index (χ1n) is 6.51. The molecule has 1 heterocycles. The summed E-state index contributed by atoms with van der Waals surface area (Å²) in [6.07, 6.45) is 1.55. The van der Waals surface area contributed by atoms with Crippen molar-refractivity contribution in [3.05, 3.63) is 22.7 Å². The number of likely N-dealkylation sites (tertiary alicyclic amines) is 1. The Balaban J connectivity index is 2.13. The van der Waals surface area contributed by atoms with Gasteiger partial charge in [0, 0.05) is 29.7 Å². The molecule has 2 rings (SSSR count). The molecule has 0 bridgehead atoms. The quantitative estimate of drug-likeness (QED) is 0.893. The molecule has 1 aliphatic rings. The third kappa shape index (κ3) is 3.35. The van der Waals surface area contributed by atoms with Gasteiger partial charge in [0.05, 0.1) is 13.0 Å². The minimum absolute atomic E-state index is 0.0642. The second-order valence-electron chi connectivity index (χ2n) is 5.03. The van der Waals surface area contributed by atoms with Crippen molar-refractivity contribution in [1.29, 1.82) is 0 Å². The number of phenolic OH excluding ortho intramolecular Hbond substituents is 1. The normalized spacial score (nSPS) is 19.8. The van der Waals surface area contributed by atoms with Gasteiger partial charge >= 0.3 is 5.97 Å². The Bertz CT molecular complexity index is 506. The number of rotatable bonds is 4. The highest BCUT2D eigenvalue weighted by Crippen LogP contribution is 2.34. The predicted octanol–water partition coefficient (Wildman–Crippen LogP) is 2.35. The van der Waals surface area contributed by atoms with E-state index in [9.17, 15) is 9.90 Å². The van der Waals surface area contributed by atoms with Crippen LogP contribution in [0.2, 0.25) is 5.02 Å². The Labute approximate surface area is 122 Å². The number of ether oxygens (including phenoxy) is 1. The fourth-order valence-corrected chi connectivity index (χ4v) is 2.78. The van der Waals surface area contributed by atoms with E-state index in [0.29, 0.717) is 35.8 Å². The van der Waals surface area contributed by atoms with Crippen LogP contribution in [0.4, 0.5) is 0 Å². The molecule has 0 radical (unpaired) electrons. The van der Waals surface area contributed by atoms with Gasteiger partial charge in [-0.05, 0) is 25.5 Å². The summed E-state index contributed by atoms with van der Waals surface area (Å²) < 4.78 is 5.07. The highest BCUT2D eigenvalue weighted by atomic mass is 35.5. The van der Waals surface area contributed by atoms with Crippen LogP contribution in [0.3, 0.4) is 0 Å². The molecule has 0 aromatic heterocycles. The van der Waals surface area contributed by atoms with Crippen molar-refractivity contribution in [2.45, 2.75) is 19.4 Å². The SMILES string of the molecule is COc1cc(Cl)cc(CN2CCCC(C(=O)O)C2)c1O. The molecule has 1 unspecified atom stereocenters. The van der Waals surface area contributed by atoms with Gasteiger partial charge in [0.15, 0.2) is 11.5 Å². The Morgan fingerprint density at radius 3 is 2.95 bits per heavy atom. The number of hydrogen-bond acceptors (Lipinski definition) is 4. The van der Waals surface area contributed by atoms with E-state index in [-0.39, 0.29) is 11.7 Å². The number of nitrogens with zero attached hydrogens (tertiary/aromatic N) is 1. The maximum absolute atomic E-state index is 11.1. The summed E-state index contributed by atoms with van der Waals surface area (Å²) >= 11 is 5.99. The minimum atomic E-state index is -0.761. The van der Waals surface area contributed by atoms with Gasteiger partial charge in [-0.1, -0.05) is 11.6 Å². The van der Waals surface area contributed by atoms with E-state index in [2.05, 4.69) is 0 Å². The number of carbonyl (C=O) groups is 1. The largest absolute Gasteiger partial charge is 0.504 e. The topological polar surface area (TPSA) is 70.0 Å². The van der Waals surface area contributed by atoms with Crippen LogP contribution in [0.5, 0.6) is 11.5 Å². The standard InChI is InChI=1S/C14H18ClNO4/c1-20-12-6-11(15)5-10(13(12)17)8-16-4-2-3-9(7-16)14(18)19/h5-6,9,17H,2-4,7-8H2,1H3,(H,18,19). The van der Waals surface area contributed by atoms with Crippen LogP contribution in [0.1, 0.15) is 18.4 Å². The second-order valence-corrected chi connectivity index (χ2v) is 5.46. The second kappa shape index (κ2) is 6.33. The predicted molar refractivity (Wildman–Crippen MR) is 75.3 cm³/mol. The van der Waals surface area contributed by atoms with Crippen LogP contribution >= 0.6 is 11.6 Å². The monoisotopic (exact) mass is 299 g/mol. The molecule has 20 heavy (non-hydrogen) atoms. The summed E-state index contributed by atoms with van der Waals surface area (Å²) in [5.74, 6) is -0.705. The van der Waals surface area contributed by atoms with Gasteiger partial charge in [-0.2, -0.15) is 0 Å². The summed E-state index contributed by atoms with van der Waals surface area (Å²) in [6.45, 7) is 1.77. The fourth-order valence-electron chi connectivity index (χ4n) is 2.55. The van der Waals surface area contributed by atoms with Crippen molar-refractivity contribution >= 4 is 17.6 Å². The first-order chi connectivity index (χ1) is 9.51. The van der Waals surface area contributed by atoms with Crippen molar-refractivity contribution in [1.82, 2.24) is 4.90 Å². The van der Waals surface area contributed by atoms with Crippen molar-refractivity contribution in [2.75, 3.05) is 20.2 Å². The van der Waals surface area contributed by atoms with E-state index in [0.717, 1.165) is 13.0 Å². The Morgan fingerprint density at radius 1 is 1.55 bits per heavy atom. The highest BCUT2D eigenvalue weighted by Gasteiger charge is 2.26. The van der Waals surface area contributed by atoms with Crippen LogP contribution in [0.15, 0.2) is 12.1 Å². The molecule has 5 nitrogen and oxygen atoms in total. The molecule has 1 aromatic rings. The number of carboxylic acids is 1. The molecule has 1 aromatic carbocycles. The smallest absolute Gasteiger partial charge is 0.307 e. The zero-order valence-electron chi connectivity index (χ0n) is 11.3. The molecule has 110 valence electrons. The van der Waals surface area contributed by atoms with Gasteiger partial charge in [-0.3, -0.25) is 9.69 Å². The van der Waals surface area contributed by atoms with Gasteiger partial charge in [0.25, 0.3) is 0 Å². The number of piperidine rings is 1. The van der Waals surface area contributed by atoms with Crippen molar-refractivity contribution in [2.24, 2.45) is 5.92 Å². The molecular weight excluding hydrogens is 282 g/mol. The molecular formula is C14H18ClNO4. The average Bonchev–Trinajstić information content (AvgIpc) is 2.42. The minimum Gasteiger partial charge on any atom is -0.504 e. The lowest BCUT2D eigenvalue weighted by Crippen LogP contribution is -2.38. The summed E-state index contributed by atoms with van der Waals surface area (Å²) in [5.41, 5.74) is 0.653. The number of halogens is 1. The summed E-state index contributed by atoms with van der Waals surface area (Å²) in [5, 5.41) is 19.7. The molecule has 0 spiro atoms. The number of carboxylic acid groups (broad SMARTS) is 1. The lowest BCUT2D eigenvalue weighted by Gasteiger charge is -2.30. The van der Waals surface area contributed by atoms with Crippen LogP contribution in [0.25, 0.3) is 0 Å². The zero-order chi connectivity index (χ0) is 14.7. The van der Waals surface area contributed by atoms with Crippen molar-refractivity contribution in [3.63, 3.8) is 0 Å². The zero-order valence-corrected chi connectivity index (χ0v) is 12.1. The Hall–Kier alpha value is -1.46. The number of aromatic hydroxyl groups is 1. The van der Waals surface area contributed by atoms with Crippen molar-refractivity contribution < 1.29 is 19.7 Å². The number of phenols is 1. The molecule has 1 fully saturated rings. The van der Waals surface area contributed by atoms with Gasteiger partial charge < -0.3 is 14.9 Å². The molecule has 1 atom stereocenters. The molecule has 1 aliphatic heterocycles. The Kier molecular flexibility index (Phi) is 4.73. The highest BCUT2D eigenvalue weighted by molar-refractivity contribution is 6.30. The third-order valence-electron chi connectivity index (χ3n) is 3.59. The van der Waals surface area contributed by atoms with Crippen molar-refractivity contribution in [3.8, 4) is 11.5 Å². The fraction of sp³-hybridized carbons (Fsp3) is 0.500. The molecule has 1 saturated heterocycles. The lowest BCUT2D eigenvalue weighted by molar-refractivity contribution is -0.143. The lowest BCUT2D eigenvalue weighted by atomic mass is 9.98. The van der Waals surface area contributed by atoms with E-state index < -0.39 is 5.97 Å². The van der Waals surface area contributed by atoms with Crippen LogP contribution < -0.4 is 4.74 Å². The molecule has 0 amide bonds.